The monoisotopic (exact) mass is 327 g/mol. The summed E-state index contributed by atoms with van der Waals surface area (Å²) in [5.41, 5.74) is 0. The molecule has 1 heterocycles. The number of hydrogen-bond donors (Lipinski definition) is 0. The van der Waals surface area contributed by atoms with Gasteiger partial charge >= 0.3 is 0 Å². The van der Waals surface area contributed by atoms with Crippen LogP contribution in [-0.2, 0) is 11.3 Å². The highest BCUT2D eigenvalue weighted by Gasteiger charge is 2.14. The van der Waals surface area contributed by atoms with Gasteiger partial charge in [-0.2, -0.15) is 0 Å². The maximum Gasteiger partial charge on any atom is 0.260 e. The fraction of sp³-hybridized carbons (Fsp3) is 0.267. The van der Waals surface area contributed by atoms with Crippen LogP contribution < -0.4 is 4.74 Å². The van der Waals surface area contributed by atoms with Crippen LogP contribution in [0, 0.1) is 5.82 Å². The molecule has 112 valence electrons. The zero-order valence-corrected chi connectivity index (χ0v) is 13.1. The average molecular weight is 328 g/mol. The van der Waals surface area contributed by atoms with Gasteiger partial charge in [-0.3, -0.25) is 4.79 Å². The van der Waals surface area contributed by atoms with Crippen molar-refractivity contribution in [2.75, 3.05) is 13.2 Å². The van der Waals surface area contributed by atoms with Crippen molar-refractivity contribution in [1.82, 2.24) is 4.90 Å². The highest BCUT2D eigenvalue weighted by Crippen LogP contribution is 2.23. The van der Waals surface area contributed by atoms with Crippen molar-refractivity contribution in [3.8, 4) is 5.75 Å². The molecule has 0 saturated heterocycles. The first-order valence-electron chi connectivity index (χ1n) is 6.49. The second-order valence-electron chi connectivity index (χ2n) is 4.33. The molecule has 1 aromatic heterocycles. The second kappa shape index (κ2) is 7.43. The highest BCUT2D eigenvalue weighted by atomic mass is 35.5. The van der Waals surface area contributed by atoms with E-state index in [0.29, 0.717) is 17.4 Å². The summed E-state index contributed by atoms with van der Waals surface area (Å²) in [6, 6.07) is 9.72. The van der Waals surface area contributed by atoms with Gasteiger partial charge in [-0.1, -0.05) is 23.7 Å². The van der Waals surface area contributed by atoms with Gasteiger partial charge in [0.2, 0.25) is 0 Å². The topological polar surface area (TPSA) is 29.5 Å². The molecule has 0 spiro atoms. The maximum absolute atomic E-state index is 13.4. The molecule has 0 aliphatic carbocycles. The second-order valence-corrected chi connectivity index (χ2v) is 6.13. The Morgan fingerprint density at radius 3 is 2.71 bits per heavy atom. The van der Waals surface area contributed by atoms with E-state index in [9.17, 15) is 9.18 Å². The van der Waals surface area contributed by atoms with Crippen LogP contribution in [0.3, 0.4) is 0 Å². The Labute approximate surface area is 131 Å². The summed E-state index contributed by atoms with van der Waals surface area (Å²) in [7, 11) is 0. The van der Waals surface area contributed by atoms with Crippen molar-refractivity contribution < 1.29 is 13.9 Å². The molecule has 0 saturated carbocycles. The van der Waals surface area contributed by atoms with Gasteiger partial charge < -0.3 is 9.64 Å². The van der Waals surface area contributed by atoms with E-state index in [0.717, 1.165) is 4.88 Å². The van der Waals surface area contributed by atoms with Crippen molar-refractivity contribution in [2.45, 2.75) is 13.5 Å². The molecule has 0 unspecified atom stereocenters. The molecule has 0 aliphatic heterocycles. The molecule has 0 bridgehead atoms. The van der Waals surface area contributed by atoms with E-state index in [1.807, 2.05) is 13.0 Å². The Balaban J connectivity index is 1.93. The zero-order valence-electron chi connectivity index (χ0n) is 11.5. The quantitative estimate of drug-likeness (QED) is 0.803. The maximum atomic E-state index is 13.4. The summed E-state index contributed by atoms with van der Waals surface area (Å²) >= 11 is 7.31. The number of para-hydroxylation sites is 1. The van der Waals surface area contributed by atoms with Gasteiger partial charge in [-0.25, -0.2) is 4.39 Å². The summed E-state index contributed by atoms with van der Waals surface area (Å²) < 4.78 is 19.3. The van der Waals surface area contributed by atoms with Crippen LogP contribution in [0.5, 0.6) is 5.75 Å². The summed E-state index contributed by atoms with van der Waals surface area (Å²) in [4.78, 5) is 14.8. The van der Waals surface area contributed by atoms with Gasteiger partial charge in [0.25, 0.3) is 5.91 Å². The summed E-state index contributed by atoms with van der Waals surface area (Å²) in [5, 5.41) is 0. The Morgan fingerprint density at radius 1 is 1.33 bits per heavy atom. The fourth-order valence-corrected chi connectivity index (χ4v) is 2.90. The molecule has 0 atom stereocenters. The summed E-state index contributed by atoms with van der Waals surface area (Å²) in [5.74, 6) is -0.579. The van der Waals surface area contributed by atoms with E-state index in [-0.39, 0.29) is 18.3 Å². The number of hydrogen-bond acceptors (Lipinski definition) is 3. The van der Waals surface area contributed by atoms with Crippen molar-refractivity contribution in [3.05, 3.63) is 51.4 Å². The molecular formula is C15H15ClFNO2S. The number of rotatable bonds is 6. The minimum absolute atomic E-state index is 0.0843. The lowest BCUT2D eigenvalue weighted by molar-refractivity contribution is -0.133. The standard InChI is InChI=1S/C15H15ClFNO2S/c1-2-18(9-11-7-8-14(16)21-11)15(19)10-20-13-6-4-3-5-12(13)17/h3-8H,2,9-10H2,1H3. The van der Waals surface area contributed by atoms with Crippen LogP contribution in [0.4, 0.5) is 4.39 Å². The highest BCUT2D eigenvalue weighted by molar-refractivity contribution is 7.16. The Morgan fingerprint density at radius 2 is 2.10 bits per heavy atom. The number of benzene rings is 1. The molecule has 3 nitrogen and oxygen atoms in total. The summed E-state index contributed by atoms with van der Waals surface area (Å²) in [6.07, 6.45) is 0. The smallest absolute Gasteiger partial charge is 0.260 e. The Hall–Kier alpha value is -1.59. The van der Waals surface area contributed by atoms with Gasteiger partial charge in [-0.15, -0.1) is 11.3 Å². The molecule has 2 aromatic rings. The van der Waals surface area contributed by atoms with Crippen LogP contribution in [0.2, 0.25) is 4.34 Å². The lowest BCUT2D eigenvalue weighted by atomic mass is 10.3. The van der Waals surface area contributed by atoms with Crippen molar-refractivity contribution in [1.29, 1.82) is 0 Å². The number of ether oxygens (including phenoxy) is 1. The van der Waals surface area contributed by atoms with Gasteiger partial charge in [-0.05, 0) is 31.2 Å². The molecule has 1 aromatic carbocycles. The van der Waals surface area contributed by atoms with Crippen LogP contribution in [0.25, 0.3) is 0 Å². The van der Waals surface area contributed by atoms with E-state index in [1.54, 1.807) is 23.1 Å². The van der Waals surface area contributed by atoms with E-state index in [1.165, 1.54) is 23.5 Å². The number of nitrogens with zero attached hydrogens (tertiary/aromatic N) is 1. The van der Waals surface area contributed by atoms with Gasteiger partial charge in [0, 0.05) is 11.4 Å². The molecular weight excluding hydrogens is 313 g/mol. The average Bonchev–Trinajstić information content (AvgIpc) is 2.89. The molecule has 0 fully saturated rings. The fourth-order valence-electron chi connectivity index (χ4n) is 1.79. The third kappa shape index (κ3) is 4.44. The van der Waals surface area contributed by atoms with E-state index in [2.05, 4.69) is 0 Å². The number of carbonyl (C=O) groups excluding carboxylic acids is 1. The van der Waals surface area contributed by atoms with E-state index in [4.69, 9.17) is 16.3 Å². The number of thiophene rings is 1. The summed E-state index contributed by atoms with van der Waals surface area (Å²) in [6.45, 7) is 2.73. The lowest BCUT2D eigenvalue weighted by Gasteiger charge is -2.20. The number of likely N-dealkylation sites (N-methyl/N-ethyl adjacent to an activating group) is 1. The number of carbonyl (C=O) groups is 1. The Bertz CT molecular complexity index is 617. The third-order valence-corrected chi connectivity index (χ3v) is 4.11. The molecule has 2 rings (SSSR count). The largest absolute Gasteiger partial charge is 0.481 e. The molecule has 1 amide bonds. The first-order valence-corrected chi connectivity index (χ1v) is 7.69. The van der Waals surface area contributed by atoms with Gasteiger partial charge in [0.15, 0.2) is 18.2 Å². The van der Waals surface area contributed by atoms with Crippen molar-refractivity contribution >= 4 is 28.8 Å². The van der Waals surface area contributed by atoms with E-state index >= 15 is 0 Å². The van der Waals surface area contributed by atoms with Crippen molar-refractivity contribution in [3.63, 3.8) is 0 Å². The predicted molar refractivity (Wildman–Crippen MR) is 82.3 cm³/mol. The molecule has 0 radical (unpaired) electrons. The van der Waals surface area contributed by atoms with Crippen molar-refractivity contribution in [2.24, 2.45) is 0 Å². The normalized spacial score (nSPS) is 10.4. The first kappa shape index (κ1) is 15.8. The minimum atomic E-state index is -0.474. The van der Waals surface area contributed by atoms with E-state index < -0.39 is 5.82 Å². The lowest BCUT2D eigenvalue weighted by Crippen LogP contribution is -2.34. The first-order chi connectivity index (χ1) is 10.1. The third-order valence-electron chi connectivity index (χ3n) is 2.90. The Kier molecular flexibility index (Phi) is 5.59. The van der Waals surface area contributed by atoms with Crippen LogP contribution >= 0.6 is 22.9 Å². The molecule has 21 heavy (non-hydrogen) atoms. The predicted octanol–water partition coefficient (Wildman–Crippen LogP) is 3.97. The van der Waals surface area contributed by atoms with Crippen LogP contribution in [0.15, 0.2) is 36.4 Å². The number of amides is 1. The molecule has 6 heteroatoms. The molecule has 0 N–H and O–H groups in total. The zero-order chi connectivity index (χ0) is 15.2. The number of halogens is 2. The minimum Gasteiger partial charge on any atom is -0.481 e. The van der Waals surface area contributed by atoms with Gasteiger partial charge in [0.1, 0.15) is 0 Å². The van der Waals surface area contributed by atoms with Gasteiger partial charge in [0.05, 0.1) is 10.9 Å². The SMILES string of the molecule is CCN(Cc1ccc(Cl)s1)C(=O)COc1ccccc1F. The van der Waals surface area contributed by atoms with Crippen LogP contribution in [0.1, 0.15) is 11.8 Å². The van der Waals surface area contributed by atoms with Crippen LogP contribution in [-0.4, -0.2) is 24.0 Å². The molecule has 0 aliphatic rings.